The number of aryl methyl sites for hydroxylation is 1. The summed E-state index contributed by atoms with van der Waals surface area (Å²) < 4.78 is 2.00. The zero-order valence-electron chi connectivity index (χ0n) is 13.6. The molecule has 0 aliphatic rings. The fourth-order valence-corrected chi connectivity index (χ4v) is 3.34. The number of carboxylic acids is 1. The van der Waals surface area contributed by atoms with E-state index in [4.69, 9.17) is 0 Å². The number of aromatic carboxylic acids is 1. The molecule has 0 spiro atoms. The molecule has 0 fully saturated rings. The average Bonchev–Trinajstić information content (AvgIpc) is 2.62. The van der Waals surface area contributed by atoms with E-state index in [0.717, 1.165) is 22.2 Å². The largest absolute Gasteiger partial charge is 0.872 e. The number of para-hydroxylation sites is 1. The van der Waals surface area contributed by atoms with Gasteiger partial charge < -0.3 is 10.2 Å². The number of carboxylic acid groups (broad SMARTS) is 1. The van der Waals surface area contributed by atoms with Crippen LogP contribution in [0.4, 0.5) is 0 Å². The number of rotatable bonds is 2. The molecule has 0 aliphatic heterocycles. The van der Waals surface area contributed by atoms with Gasteiger partial charge in [0.2, 0.25) is 11.0 Å². The lowest BCUT2D eigenvalue weighted by atomic mass is 9.97. The average molecular weight is 329 g/mol. The number of carbonyl (C=O) groups is 1. The molecule has 4 nitrogen and oxygen atoms in total. The minimum atomic E-state index is -0.950. The molecular weight excluding hydrogens is 314 g/mol. The molecule has 1 aromatic heterocycles. The monoisotopic (exact) mass is 329 g/mol. The van der Waals surface area contributed by atoms with Crippen LogP contribution < -0.4 is 9.67 Å². The van der Waals surface area contributed by atoms with Gasteiger partial charge in [-0.25, -0.2) is 4.79 Å². The van der Waals surface area contributed by atoms with Crippen molar-refractivity contribution in [2.45, 2.75) is 0 Å². The number of hydrogen-bond donors (Lipinski definition) is 1. The smallest absolute Gasteiger partial charge is 0.337 e. The van der Waals surface area contributed by atoms with Crippen molar-refractivity contribution < 1.29 is 19.6 Å². The Balaban J connectivity index is 2.10. The van der Waals surface area contributed by atoms with Gasteiger partial charge in [-0.1, -0.05) is 36.4 Å². The van der Waals surface area contributed by atoms with E-state index < -0.39 is 5.97 Å². The molecule has 0 radical (unpaired) electrons. The Labute approximate surface area is 144 Å². The first-order chi connectivity index (χ1) is 12.1. The summed E-state index contributed by atoms with van der Waals surface area (Å²) in [5, 5.41) is 22.5. The van der Waals surface area contributed by atoms with Crippen LogP contribution in [0.1, 0.15) is 10.4 Å². The van der Waals surface area contributed by atoms with E-state index in [9.17, 15) is 15.0 Å². The fraction of sp³-hybridized carbons (Fsp3) is 0.0476. The molecule has 0 saturated heterocycles. The predicted octanol–water partition coefficient (Wildman–Crippen LogP) is 3.26. The molecule has 3 aromatic carbocycles. The first kappa shape index (κ1) is 15.1. The Hall–Kier alpha value is -3.40. The van der Waals surface area contributed by atoms with E-state index in [1.54, 1.807) is 12.1 Å². The summed E-state index contributed by atoms with van der Waals surface area (Å²) >= 11 is 0. The molecule has 0 saturated carbocycles. The summed E-state index contributed by atoms with van der Waals surface area (Å²) in [6.07, 6.45) is 0. The number of pyridine rings is 1. The molecule has 0 bridgehead atoms. The molecule has 4 aromatic rings. The van der Waals surface area contributed by atoms with Gasteiger partial charge in [0, 0.05) is 12.1 Å². The van der Waals surface area contributed by atoms with Crippen molar-refractivity contribution in [2.24, 2.45) is 7.05 Å². The highest BCUT2D eigenvalue weighted by atomic mass is 16.4. The molecule has 1 heterocycles. The maximum atomic E-state index is 12.0. The summed E-state index contributed by atoms with van der Waals surface area (Å²) in [4.78, 5) is 12.0. The van der Waals surface area contributed by atoms with Crippen LogP contribution in [0.25, 0.3) is 32.9 Å². The third-order valence-corrected chi connectivity index (χ3v) is 4.56. The van der Waals surface area contributed by atoms with E-state index in [1.165, 1.54) is 12.1 Å². The number of aromatic nitrogens is 1. The zero-order chi connectivity index (χ0) is 17.6. The van der Waals surface area contributed by atoms with Gasteiger partial charge in [-0.15, -0.1) is 5.75 Å². The molecular formula is C21H15NO3. The number of benzene rings is 3. The van der Waals surface area contributed by atoms with E-state index in [1.807, 2.05) is 54.1 Å². The molecule has 0 aliphatic carbocycles. The van der Waals surface area contributed by atoms with Crippen molar-refractivity contribution in [3.05, 3.63) is 72.3 Å². The SMILES string of the molecule is C[n+]1c2ccccc2c(C(=O)O)c2cc(-c3ccc([O-])cc3)ccc21. The van der Waals surface area contributed by atoms with Gasteiger partial charge in [-0.2, -0.15) is 4.57 Å². The van der Waals surface area contributed by atoms with E-state index in [2.05, 4.69) is 0 Å². The van der Waals surface area contributed by atoms with Gasteiger partial charge >= 0.3 is 5.97 Å². The Morgan fingerprint density at radius 1 is 0.880 bits per heavy atom. The Morgan fingerprint density at radius 3 is 2.24 bits per heavy atom. The van der Waals surface area contributed by atoms with Crippen LogP contribution in [0.15, 0.2) is 66.7 Å². The number of fused-ring (bicyclic) bond motifs is 2. The van der Waals surface area contributed by atoms with Gasteiger partial charge in [0.25, 0.3) is 0 Å². The van der Waals surface area contributed by atoms with Crippen molar-refractivity contribution in [2.75, 3.05) is 0 Å². The van der Waals surface area contributed by atoms with Gasteiger partial charge in [0.05, 0.1) is 16.3 Å². The summed E-state index contributed by atoms with van der Waals surface area (Å²) in [6, 6.07) is 19.8. The fourth-order valence-electron chi connectivity index (χ4n) is 3.34. The standard InChI is InChI=1S/C21H15NO3/c1-22-18-5-3-2-4-16(18)20(21(24)25)17-12-14(8-11-19(17)22)13-6-9-15(23)10-7-13/h2-12H,1H3,(H-,23,24,25). The summed E-state index contributed by atoms with van der Waals surface area (Å²) in [6.45, 7) is 0. The van der Waals surface area contributed by atoms with Crippen LogP contribution in [-0.2, 0) is 7.05 Å². The number of hydrogen-bond acceptors (Lipinski definition) is 2. The molecule has 0 unspecified atom stereocenters. The maximum Gasteiger partial charge on any atom is 0.337 e. The lowest BCUT2D eigenvalue weighted by molar-refractivity contribution is -0.617. The van der Waals surface area contributed by atoms with Crippen LogP contribution in [0, 0.1) is 0 Å². The van der Waals surface area contributed by atoms with Crippen LogP contribution in [-0.4, -0.2) is 11.1 Å². The second kappa shape index (κ2) is 5.60. The minimum Gasteiger partial charge on any atom is -0.872 e. The maximum absolute atomic E-state index is 12.0. The van der Waals surface area contributed by atoms with Crippen LogP contribution in [0.2, 0.25) is 0 Å². The zero-order valence-corrected chi connectivity index (χ0v) is 13.6. The van der Waals surface area contributed by atoms with Crippen molar-refractivity contribution in [1.29, 1.82) is 0 Å². The van der Waals surface area contributed by atoms with Crippen molar-refractivity contribution >= 4 is 27.8 Å². The molecule has 122 valence electrons. The normalized spacial score (nSPS) is 11.1. The topological polar surface area (TPSA) is 64.2 Å². The first-order valence-electron chi connectivity index (χ1n) is 7.91. The highest BCUT2D eigenvalue weighted by Gasteiger charge is 2.22. The molecule has 0 amide bonds. The van der Waals surface area contributed by atoms with E-state index >= 15 is 0 Å². The molecule has 25 heavy (non-hydrogen) atoms. The molecule has 1 N–H and O–H groups in total. The summed E-state index contributed by atoms with van der Waals surface area (Å²) in [5.74, 6) is -0.998. The third-order valence-electron chi connectivity index (χ3n) is 4.56. The third kappa shape index (κ3) is 2.39. The van der Waals surface area contributed by atoms with Gasteiger partial charge in [0.1, 0.15) is 7.05 Å². The Morgan fingerprint density at radius 2 is 1.52 bits per heavy atom. The lowest BCUT2D eigenvalue weighted by Crippen LogP contribution is -2.31. The quantitative estimate of drug-likeness (QED) is 0.453. The highest BCUT2D eigenvalue weighted by Crippen LogP contribution is 2.29. The van der Waals surface area contributed by atoms with Gasteiger partial charge in [-0.3, -0.25) is 0 Å². The predicted molar refractivity (Wildman–Crippen MR) is 94.5 cm³/mol. The van der Waals surface area contributed by atoms with E-state index in [-0.39, 0.29) is 5.75 Å². The van der Waals surface area contributed by atoms with Crippen molar-refractivity contribution in [3.8, 4) is 16.9 Å². The van der Waals surface area contributed by atoms with Gasteiger partial charge in [-0.05, 0) is 29.3 Å². The second-order valence-corrected chi connectivity index (χ2v) is 6.01. The Bertz CT molecular complexity index is 1130. The van der Waals surface area contributed by atoms with Crippen molar-refractivity contribution in [3.63, 3.8) is 0 Å². The minimum absolute atomic E-state index is 0.0480. The molecule has 4 rings (SSSR count). The summed E-state index contributed by atoms with van der Waals surface area (Å²) in [7, 11) is 1.93. The van der Waals surface area contributed by atoms with Crippen LogP contribution >= 0.6 is 0 Å². The molecule has 0 atom stereocenters. The van der Waals surface area contributed by atoms with Crippen molar-refractivity contribution in [1.82, 2.24) is 0 Å². The number of nitrogens with zero attached hydrogens (tertiary/aromatic N) is 1. The van der Waals surface area contributed by atoms with Crippen LogP contribution in [0.5, 0.6) is 5.75 Å². The molecule has 4 heteroatoms. The second-order valence-electron chi connectivity index (χ2n) is 6.01. The summed E-state index contributed by atoms with van der Waals surface area (Å²) in [5.41, 5.74) is 3.78. The Kier molecular flexibility index (Phi) is 3.39. The highest BCUT2D eigenvalue weighted by molar-refractivity contribution is 6.12. The van der Waals surface area contributed by atoms with Crippen LogP contribution in [0.3, 0.4) is 0 Å². The van der Waals surface area contributed by atoms with Gasteiger partial charge in [0.15, 0.2) is 0 Å². The van der Waals surface area contributed by atoms with E-state index in [0.29, 0.717) is 16.3 Å². The first-order valence-corrected chi connectivity index (χ1v) is 7.91. The lowest BCUT2D eigenvalue weighted by Gasteiger charge is -2.10.